The van der Waals surface area contributed by atoms with Crippen molar-refractivity contribution in [3.8, 4) is 11.7 Å². The van der Waals surface area contributed by atoms with E-state index in [1.165, 1.54) is 4.68 Å². The second-order valence-corrected chi connectivity index (χ2v) is 5.13. The van der Waals surface area contributed by atoms with Gasteiger partial charge in [-0.15, -0.1) is 0 Å². The van der Waals surface area contributed by atoms with Crippen molar-refractivity contribution in [2.75, 3.05) is 5.32 Å². The van der Waals surface area contributed by atoms with Crippen LogP contribution in [0.15, 0.2) is 55.1 Å². The minimum atomic E-state index is -0.524. The third kappa shape index (κ3) is 2.64. The van der Waals surface area contributed by atoms with E-state index in [1.54, 1.807) is 30.9 Å². The van der Waals surface area contributed by atoms with Crippen LogP contribution in [0.3, 0.4) is 0 Å². The standard InChI is InChI=1S/C16H13N5O2/c22-15(14-8-11-4-1-2-5-13(11)23-14)20-12-9-19-21(10-12)16-17-6-3-7-18-16/h1-7,9-10,14H,8H2,(H,20,22)/t14-/m1/s1. The summed E-state index contributed by atoms with van der Waals surface area (Å²) in [5, 5.41) is 6.95. The second kappa shape index (κ2) is 5.53. The maximum absolute atomic E-state index is 12.3. The molecule has 7 nitrogen and oxygen atoms in total. The first-order chi connectivity index (χ1) is 11.3. The molecule has 3 heterocycles. The summed E-state index contributed by atoms with van der Waals surface area (Å²) in [5.41, 5.74) is 1.61. The fourth-order valence-corrected chi connectivity index (χ4v) is 2.46. The smallest absolute Gasteiger partial charge is 0.265 e. The number of amides is 1. The zero-order chi connectivity index (χ0) is 15.6. The van der Waals surface area contributed by atoms with Crippen LogP contribution in [0.5, 0.6) is 5.75 Å². The Hall–Kier alpha value is -3.22. The van der Waals surface area contributed by atoms with E-state index in [1.807, 2.05) is 24.3 Å². The highest BCUT2D eigenvalue weighted by Crippen LogP contribution is 2.28. The predicted molar refractivity (Wildman–Crippen MR) is 82.3 cm³/mol. The Bertz CT molecular complexity index is 821. The Morgan fingerprint density at radius 1 is 1.22 bits per heavy atom. The molecule has 0 spiro atoms. The monoisotopic (exact) mass is 307 g/mol. The first-order valence-electron chi connectivity index (χ1n) is 7.17. The van der Waals surface area contributed by atoms with Crippen molar-refractivity contribution in [1.82, 2.24) is 19.7 Å². The van der Waals surface area contributed by atoms with E-state index >= 15 is 0 Å². The lowest BCUT2D eigenvalue weighted by Gasteiger charge is -2.09. The highest BCUT2D eigenvalue weighted by Gasteiger charge is 2.28. The van der Waals surface area contributed by atoms with E-state index in [9.17, 15) is 4.79 Å². The van der Waals surface area contributed by atoms with Crippen LogP contribution in [0.4, 0.5) is 5.69 Å². The predicted octanol–water partition coefficient (Wildman–Crippen LogP) is 1.60. The number of ether oxygens (including phenoxy) is 1. The van der Waals surface area contributed by atoms with Gasteiger partial charge in [0, 0.05) is 18.8 Å². The van der Waals surface area contributed by atoms with Crippen LogP contribution in [0.2, 0.25) is 0 Å². The molecule has 1 N–H and O–H groups in total. The molecular weight excluding hydrogens is 294 g/mol. The summed E-state index contributed by atoms with van der Waals surface area (Å²) in [6.07, 6.45) is 6.52. The second-order valence-electron chi connectivity index (χ2n) is 5.13. The molecule has 0 unspecified atom stereocenters. The van der Waals surface area contributed by atoms with Gasteiger partial charge in [-0.1, -0.05) is 18.2 Å². The van der Waals surface area contributed by atoms with Crippen molar-refractivity contribution in [2.24, 2.45) is 0 Å². The van der Waals surface area contributed by atoms with Crippen molar-refractivity contribution in [1.29, 1.82) is 0 Å². The van der Waals surface area contributed by atoms with Crippen molar-refractivity contribution in [2.45, 2.75) is 12.5 Å². The number of aromatic nitrogens is 4. The lowest BCUT2D eigenvalue weighted by atomic mass is 10.1. The van der Waals surface area contributed by atoms with Crippen LogP contribution in [0.25, 0.3) is 5.95 Å². The zero-order valence-corrected chi connectivity index (χ0v) is 12.1. The topological polar surface area (TPSA) is 81.9 Å². The average molecular weight is 307 g/mol. The number of carbonyl (C=O) groups excluding carboxylic acids is 1. The minimum absolute atomic E-state index is 0.199. The van der Waals surface area contributed by atoms with Crippen LogP contribution in [0.1, 0.15) is 5.56 Å². The summed E-state index contributed by atoms with van der Waals surface area (Å²) in [7, 11) is 0. The van der Waals surface area contributed by atoms with Crippen LogP contribution < -0.4 is 10.1 Å². The molecule has 0 aliphatic carbocycles. The Labute approximate surface area is 132 Å². The lowest BCUT2D eigenvalue weighted by Crippen LogP contribution is -2.31. The summed E-state index contributed by atoms with van der Waals surface area (Å²) >= 11 is 0. The number of hydrogen-bond donors (Lipinski definition) is 1. The molecule has 0 saturated heterocycles. The van der Waals surface area contributed by atoms with Crippen molar-refractivity contribution in [3.63, 3.8) is 0 Å². The normalized spacial score (nSPS) is 15.7. The molecule has 3 aromatic rings. The molecule has 7 heteroatoms. The van der Waals surface area contributed by atoms with Gasteiger partial charge in [-0.25, -0.2) is 14.6 Å². The fraction of sp³-hybridized carbons (Fsp3) is 0.125. The maximum Gasteiger partial charge on any atom is 0.265 e. The number of carbonyl (C=O) groups is 1. The number of nitrogens with zero attached hydrogens (tertiary/aromatic N) is 4. The number of nitrogens with one attached hydrogen (secondary N) is 1. The number of benzene rings is 1. The van der Waals surface area contributed by atoms with Crippen LogP contribution in [0, 0.1) is 0 Å². The third-order valence-electron chi connectivity index (χ3n) is 3.55. The van der Waals surface area contributed by atoms with Crippen LogP contribution in [-0.4, -0.2) is 31.8 Å². The van der Waals surface area contributed by atoms with Crippen LogP contribution in [-0.2, 0) is 11.2 Å². The lowest BCUT2D eigenvalue weighted by molar-refractivity contribution is -0.122. The Balaban J connectivity index is 1.45. The highest BCUT2D eigenvalue weighted by atomic mass is 16.5. The van der Waals surface area contributed by atoms with E-state index in [0.717, 1.165) is 11.3 Å². The van der Waals surface area contributed by atoms with Crippen molar-refractivity contribution >= 4 is 11.6 Å². The summed E-state index contributed by atoms with van der Waals surface area (Å²) in [4.78, 5) is 20.5. The molecule has 2 aromatic heterocycles. The number of hydrogen-bond acceptors (Lipinski definition) is 5. The molecule has 1 amide bonds. The van der Waals surface area contributed by atoms with Gasteiger partial charge < -0.3 is 10.1 Å². The summed E-state index contributed by atoms with van der Waals surface area (Å²) in [6.45, 7) is 0. The molecular formula is C16H13N5O2. The van der Waals surface area contributed by atoms with Gasteiger partial charge in [0.15, 0.2) is 6.10 Å². The molecule has 0 bridgehead atoms. The van der Waals surface area contributed by atoms with Crippen molar-refractivity contribution in [3.05, 3.63) is 60.7 Å². The molecule has 0 fully saturated rings. The molecule has 4 rings (SSSR count). The number of fused-ring (bicyclic) bond motifs is 1. The maximum atomic E-state index is 12.3. The van der Waals surface area contributed by atoms with E-state index < -0.39 is 6.10 Å². The highest BCUT2D eigenvalue weighted by molar-refractivity contribution is 5.94. The van der Waals surface area contributed by atoms with E-state index in [4.69, 9.17) is 4.74 Å². The summed E-state index contributed by atoms with van der Waals surface area (Å²) in [6, 6.07) is 9.39. The zero-order valence-electron chi connectivity index (χ0n) is 12.1. The third-order valence-corrected chi connectivity index (χ3v) is 3.55. The largest absolute Gasteiger partial charge is 0.480 e. The summed E-state index contributed by atoms with van der Waals surface area (Å²) < 4.78 is 7.17. The van der Waals surface area contributed by atoms with Gasteiger partial charge in [0.25, 0.3) is 5.91 Å². The Morgan fingerprint density at radius 2 is 2.04 bits per heavy atom. The molecule has 114 valence electrons. The van der Waals surface area contributed by atoms with Gasteiger partial charge in [0.2, 0.25) is 5.95 Å². The van der Waals surface area contributed by atoms with Gasteiger partial charge in [0.05, 0.1) is 18.1 Å². The SMILES string of the molecule is O=C(Nc1cnn(-c2ncccn2)c1)[C@H]1Cc2ccccc2O1. The molecule has 1 aliphatic heterocycles. The molecule has 1 aromatic carbocycles. The quantitative estimate of drug-likeness (QED) is 0.795. The van der Waals surface area contributed by atoms with Crippen molar-refractivity contribution < 1.29 is 9.53 Å². The Kier molecular flexibility index (Phi) is 3.23. The van der Waals surface area contributed by atoms with Gasteiger partial charge in [-0.05, 0) is 17.7 Å². The summed E-state index contributed by atoms with van der Waals surface area (Å²) in [5.74, 6) is 1.01. The number of para-hydroxylation sites is 1. The van der Waals surface area contributed by atoms with E-state index in [0.29, 0.717) is 18.1 Å². The first kappa shape index (κ1) is 13.4. The van der Waals surface area contributed by atoms with Gasteiger partial charge in [0.1, 0.15) is 5.75 Å². The molecule has 1 aliphatic rings. The van der Waals surface area contributed by atoms with E-state index in [2.05, 4.69) is 20.4 Å². The van der Waals surface area contributed by atoms with E-state index in [-0.39, 0.29) is 5.91 Å². The minimum Gasteiger partial charge on any atom is -0.480 e. The molecule has 0 saturated carbocycles. The molecule has 1 atom stereocenters. The molecule has 0 radical (unpaired) electrons. The number of rotatable bonds is 3. The van der Waals surface area contributed by atoms with Gasteiger partial charge in [-0.2, -0.15) is 5.10 Å². The Morgan fingerprint density at radius 3 is 2.87 bits per heavy atom. The average Bonchev–Trinajstić information content (AvgIpc) is 3.22. The van der Waals surface area contributed by atoms with Gasteiger partial charge in [-0.3, -0.25) is 4.79 Å². The first-order valence-corrected chi connectivity index (χ1v) is 7.17. The molecule has 23 heavy (non-hydrogen) atoms. The fourth-order valence-electron chi connectivity index (χ4n) is 2.46. The van der Waals surface area contributed by atoms with Gasteiger partial charge >= 0.3 is 0 Å². The number of anilines is 1. The van der Waals surface area contributed by atoms with Crippen LogP contribution >= 0.6 is 0 Å².